The van der Waals surface area contributed by atoms with Gasteiger partial charge in [0.2, 0.25) is 0 Å². The number of ether oxygens (including phenoxy) is 5. The molecule has 0 aromatic carbocycles. The van der Waals surface area contributed by atoms with Crippen LogP contribution >= 0.6 is 11.8 Å². The van der Waals surface area contributed by atoms with Crippen LogP contribution in [0.5, 0.6) is 0 Å². The van der Waals surface area contributed by atoms with Crippen LogP contribution in [-0.2, 0) is 23.7 Å². The van der Waals surface area contributed by atoms with Crippen LogP contribution in [-0.4, -0.2) is 168 Å². The summed E-state index contributed by atoms with van der Waals surface area (Å²) < 4.78 is 27.4. The van der Waals surface area contributed by atoms with Crippen LogP contribution in [0.2, 0.25) is 0 Å². The molecule has 0 saturated carbocycles. The molecular weight excluding hydrogens is 512 g/mol. The highest BCUT2D eigenvalue weighted by Crippen LogP contribution is 2.34. The molecule has 0 aliphatic carbocycles. The number of aliphatic hydroxyl groups is 10. The summed E-state index contributed by atoms with van der Waals surface area (Å²) in [5.74, 6) is 0.558. The van der Waals surface area contributed by atoms with Crippen molar-refractivity contribution in [1.29, 1.82) is 0 Å². The van der Waals surface area contributed by atoms with E-state index in [1.54, 1.807) is 0 Å². The largest absolute Gasteiger partial charge is 0.394 e. The zero-order chi connectivity index (χ0) is 26.7. The smallest absolute Gasteiger partial charge is 0.187 e. The van der Waals surface area contributed by atoms with Crippen molar-refractivity contribution < 1.29 is 74.7 Å². The van der Waals surface area contributed by atoms with E-state index in [1.807, 2.05) is 6.92 Å². The molecule has 0 aromatic heterocycles. The van der Waals surface area contributed by atoms with Gasteiger partial charge in [0.05, 0.1) is 19.8 Å². The lowest BCUT2D eigenvalue weighted by atomic mass is 9.96. The fourth-order valence-electron chi connectivity index (χ4n) is 4.35. The number of thioether (sulfide) groups is 1. The van der Waals surface area contributed by atoms with Crippen molar-refractivity contribution in [3.05, 3.63) is 0 Å². The zero-order valence-electron chi connectivity index (χ0n) is 19.4. The third-order valence-electron chi connectivity index (χ3n) is 6.40. The van der Waals surface area contributed by atoms with Gasteiger partial charge >= 0.3 is 0 Å². The van der Waals surface area contributed by atoms with E-state index >= 15 is 0 Å². The van der Waals surface area contributed by atoms with Crippen molar-refractivity contribution in [2.24, 2.45) is 0 Å². The lowest BCUT2D eigenvalue weighted by molar-refractivity contribution is -0.371. The van der Waals surface area contributed by atoms with Crippen LogP contribution in [0.4, 0.5) is 0 Å². The van der Waals surface area contributed by atoms with Gasteiger partial charge in [0.15, 0.2) is 12.6 Å². The topological polar surface area (TPSA) is 248 Å². The van der Waals surface area contributed by atoms with Gasteiger partial charge in [-0.15, -0.1) is 11.8 Å². The van der Waals surface area contributed by atoms with Crippen molar-refractivity contribution in [3.63, 3.8) is 0 Å². The van der Waals surface area contributed by atoms with Crippen LogP contribution < -0.4 is 0 Å². The lowest BCUT2D eigenvalue weighted by Gasteiger charge is -2.48. The molecule has 0 bridgehead atoms. The molecule has 0 amide bonds. The predicted molar refractivity (Wildman–Crippen MR) is 117 cm³/mol. The van der Waals surface area contributed by atoms with Crippen molar-refractivity contribution in [1.82, 2.24) is 0 Å². The molecule has 3 saturated heterocycles. The van der Waals surface area contributed by atoms with Crippen LogP contribution in [0.25, 0.3) is 0 Å². The summed E-state index contributed by atoms with van der Waals surface area (Å²) in [6, 6.07) is 0. The van der Waals surface area contributed by atoms with Gasteiger partial charge in [-0.25, -0.2) is 0 Å². The minimum Gasteiger partial charge on any atom is -0.394 e. The highest BCUT2D eigenvalue weighted by atomic mass is 32.2. The van der Waals surface area contributed by atoms with Gasteiger partial charge in [0.25, 0.3) is 0 Å². The Balaban J connectivity index is 1.71. The first-order chi connectivity index (χ1) is 17.1. The molecule has 16 heteroatoms. The Morgan fingerprint density at radius 3 is 1.50 bits per heavy atom. The molecule has 36 heavy (non-hydrogen) atoms. The molecule has 10 N–H and O–H groups in total. The Morgan fingerprint density at radius 1 is 0.556 bits per heavy atom. The van der Waals surface area contributed by atoms with Crippen molar-refractivity contribution in [2.75, 3.05) is 25.6 Å². The molecule has 0 spiro atoms. The van der Waals surface area contributed by atoms with Gasteiger partial charge in [-0.05, 0) is 5.75 Å². The highest BCUT2D eigenvalue weighted by molar-refractivity contribution is 7.99. The minimum absolute atomic E-state index is 0.558. The summed E-state index contributed by atoms with van der Waals surface area (Å²) in [6.07, 6.45) is -21.9. The average molecular weight is 549 g/mol. The number of hydrogen-bond donors (Lipinski definition) is 10. The third kappa shape index (κ3) is 6.15. The molecule has 6 unspecified atom stereocenters. The van der Waals surface area contributed by atoms with Crippen LogP contribution in [0.1, 0.15) is 6.92 Å². The molecule has 15 atom stereocenters. The van der Waals surface area contributed by atoms with Gasteiger partial charge in [0, 0.05) is 0 Å². The molecule has 3 aliphatic rings. The summed E-state index contributed by atoms with van der Waals surface area (Å²) in [4.78, 5) is 0. The van der Waals surface area contributed by atoms with Crippen LogP contribution in [0.15, 0.2) is 0 Å². The lowest BCUT2D eigenvalue weighted by Crippen LogP contribution is -2.66. The second-order valence-electron chi connectivity index (χ2n) is 8.77. The van der Waals surface area contributed by atoms with E-state index in [-0.39, 0.29) is 0 Å². The summed E-state index contributed by atoms with van der Waals surface area (Å²) in [5.41, 5.74) is -0.841. The van der Waals surface area contributed by atoms with E-state index in [4.69, 9.17) is 23.7 Å². The van der Waals surface area contributed by atoms with E-state index < -0.39 is 111 Å². The Labute approximate surface area is 210 Å². The van der Waals surface area contributed by atoms with E-state index in [0.29, 0.717) is 5.75 Å². The summed E-state index contributed by atoms with van der Waals surface area (Å²) in [5, 5.41) is 101. The monoisotopic (exact) mass is 548 g/mol. The van der Waals surface area contributed by atoms with Gasteiger partial charge in [0.1, 0.15) is 78.7 Å². The highest BCUT2D eigenvalue weighted by Gasteiger charge is 2.53. The van der Waals surface area contributed by atoms with E-state index in [2.05, 4.69) is 0 Å². The Kier molecular flexibility index (Phi) is 11.1. The first-order valence-corrected chi connectivity index (χ1v) is 12.6. The molecule has 3 aliphatic heterocycles. The van der Waals surface area contributed by atoms with Crippen LogP contribution in [0.3, 0.4) is 0 Å². The standard InChI is InChI=1S/C20H36O15S/c1-2-36-20-15(30)12(27)17(8(5-23)33-20)35-19-14(29)11(26)16(7(4-22)32-19)34-18-13(28)10(25)9(24)6(3-21)31-18/h6-30H,2-5H2,1H3/t6?,7?,8?,9-,10-,11+,12+,13?,14?,15?,16+,17+,18-,19-,20-/m0/s1. The zero-order valence-corrected chi connectivity index (χ0v) is 20.2. The second kappa shape index (κ2) is 13.2. The van der Waals surface area contributed by atoms with E-state index in [9.17, 15) is 51.1 Å². The van der Waals surface area contributed by atoms with Crippen molar-refractivity contribution >= 4 is 11.8 Å². The molecule has 0 aromatic rings. The molecule has 3 rings (SSSR count). The molecule has 15 nitrogen and oxygen atoms in total. The van der Waals surface area contributed by atoms with Gasteiger partial charge in [-0.2, -0.15) is 0 Å². The molecule has 3 fully saturated rings. The maximum Gasteiger partial charge on any atom is 0.187 e. The number of rotatable bonds is 9. The summed E-state index contributed by atoms with van der Waals surface area (Å²) >= 11 is 1.20. The molecule has 3 heterocycles. The Morgan fingerprint density at radius 2 is 1.00 bits per heavy atom. The van der Waals surface area contributed by atoms with E-state index in [0.717, 1.165) is 0 Å². The van der Waals surface area contributed by atoms with Gasteiger partial charge < -0.3 is 74.7 Å². The van der Waals surface area contributed by atoms with Crippen LogP contribution in [0, 0.1) is 0 Å². The minimum atomic E-state index is -1.85. The Bertz CT molecular complexity index is 671. The maximum atomic E-state index is 10.7. The van der Waals surface area contributed by atoms with Crippen molar-refractivity contribution in [2.45, 2.75) is 98.2 Å². The number of hydrogen-bond acceptors (Lipinski definition) is 16. The molecule has 0 radical (unpaired) electrons. The SMILES string of the molecule is CCS[C@@H]1OC(CO)[C@@H](O[C@@H]2OC(CO)[C@@H](O[C@@H]3OC(CO)[C@H](O)[C@H](O)C3O)[C@H](O)C2O)[C@H](O)C1O. The predicted octanol–water partition coefficient (Wildman–Crippen LogP) is -5.81. The second-order valence-corrected chi connectivity index (χ2v) is 10.1. The normalized spacial score (nSPS) is 50.2. The third-order valence-corrected chi connectivity index (χ3v) is 7.46. The van der Waals surface area contributed by atoms with Gasteiger partial charge in [-0.3, -0.25) is 0 Å². The summed E-state index contributed by atoms with van der Waals surface area (Å²) in [6.45, 7) is -0.295. The molecular formula is C20H36O15S. The van der Waals surface area contributed by atoms with Crippen molar-refractivity contribution in [3.8, 4) is 0 Å². The first-order valence-electron chi connectivity index (χ1n) is 11.6. The fraction of sp³-hybridized carbons (Fsp3) is 1.00. The molecule has 212 valence electrons. The van der Waals surface area contributed by atoms with Gasteiger partial charge in [-0.1, -0.05) is 6.92 Å². The Hall–Kier alpha value is -0.250. The fourth-order valence-corrected chi connectivity index (χ4v) is 5.25. The average Bonchev–Trinajstić information content (AvgIpc) is 2.87. The van der Waals surface area contributed by atoms with E-state index in [1.165, 1.54) is 11.8 Å². The first kappa shape index (κ1) is 30.3. The maximum absolute atomic E-state index is 10.7. The number of aliphatic hydroxyl groups excluding tert-OH is 10. The quantitative estimate of drug-likeness (QED) is 0.129. The summed E-state index contributed by atoms with van der Waals surface area (Å²) in [7, 11) is 0.